The monoisotopic (exact) mass is 284 g/mol. The van der Waals surface area contributed by atoms with Crippen LogP contribution in [0.1, 0.15) is 10.4 Å². The number of hydrogen-bond donors (Lipinski definition) is 3. The Balaban J connectivity index is 2.32. The number of hydrogen-bond acceptors (Lipinski definition) is 3. The molecule has 2 aromatic carbocycles. The molecule has 0 radical (unpaired) electrons. The number of fused-ring (bicyclic) bond motifs is 3. The number of ether oxygens (including phenoxy) is 1. The van der Waals surface area contributed by atoms with Crippen LogP contribution in [0.2, 0.25) is 0 Å². The summed E-state index contributed by atoms with van der Waals surface area (Å²) < 4.78 is 5.31. The second-order valence-corrected chi connectivity index (χ2v) is 4.58. The number of aromatic amines is 1. The summed E-state index contributed by atoms with van der Waals surface area (Å²) >= 11 is 0. The van der Waals surface area contributed by atoms with Gasteiger partial charge in [-0.1, -0.05) is 12.1 Å². The van der Waals surface area contributed by atoms with Crippen molar-refractivity contribution in [2.75, 3.05) is 6.61 Å². The Kier molecular flexibility index (Phi) is 2.98. The second kappa shape index (κ2) is 4.82. The highest BCUT2D eigenvalue weighted by Crippen LogP contribution is 2.35. The smallest absolute Gasteiger partial charge is 0.341 e. The fraction of sp³-hybridized carbons (Fsp3) is 0.0667. The Morgan fingerprint density at radius 3 is 2.43 bits per heavy atom. The van der Waals surface area contributed by atoms with Gasteiger partial charge in [0, 0.05) is 16.5 Å². The number of carboxylic acid groups (broad SMARTS) is 1. The van der Waals surface area contributed by atoms with Crippen LogP contribution in [0.15, 0.2) is 36.4 Å². The molecule has 0 saturated heterocycles. The molecule has 0 aliphatic rings. The average Bonchev–Trinajstić information content (AvgIpc) is 2.83. The second-order valence-electron chi connectivity index (χ2n) is 4.58. The molecular formula is C15H12N2O4. The van der Waals surface area contributed by atoms with E-state index in [4.69, 9.17) is 15.6 Å². The predicted molar refractivity (Wildman–Crippen MR) is 77.5 cm³/mol. The van der Waals surface area contributed by atoms with Crippen LogP contribution in [0.3, 0.4) is 0 Å². The Bertz CT molecular complexity index is 867. The van der Waals surface area contributed by atoms with Crippen molar-refractivity contribution in [3.8, 4) is 5.75 Å². The van der Waals surface area contributed by atoms with Crippen LogP contribution < -0.4 is 10.5 Å². The number of H-pyrrole nitrogens is 1. The van der Waals surface area contributed by atoms with Gasteiger partial charge in [0.25, 0.3) is 0 Å². The Morgan fingerprint density at radius 1 is 1.10 bits per heavy atom. The SMILES string of the molecule is NC(=O)c1cccc2[nH]c3cccc(OCC(=O)O)c3c12. The quantitative estimate of drug-likeness (QED) is 0.680. The van der Waals surface area contributed by atoms with Gasteiger partial charge in [-0.05, 0) is 24.3 Å². The maximum Gasteiger partial charge on any atom is 0.341 e. The molecule has 0 unspecified atom stereocenters. The summed E-state index contributed by atoms with van der Waals surface area (Å²) in [6, 6.07) is 10.4. The highest BCUT2D eigenvalue weighted by molar-refractivity contribution is 6.19. The van der Waals surface area contributed by atoms with E-state index in [2.05, 4.69) is 4.98 Å². The highest BCUT2D eigenvalue weighted by Gasteiger charge is 2.16. The third-order valence-electron chi connectivity index (χ3n) is 3.23. The first-order chi connectivity index (χ1) is 10.1. The van der Waals surface area contributed by atoms with Crippen LogP contribution in [0.4, 0.5) is 0 Å². The number of aromatic nitrogens is 1. The number of primary amides is 1. The van der Waals surface area contributed by atoms with Crippen molar-refractivity contribution in [1.82, 2.24) is 4.98 Å². The van der Waals surface area contributed by atoms with Gasteiger partial charge in [-0.2, -0.15) is 0 Å². The molecule has 0 fully saturated rings. The summed E-state index contributed by atoms with van der Waals surface area (Å²) in [5.41, 5.74) is 7.28. The van der Waals surface area contributed by atoms with Gasteiger partial charge in [0.15, 0.2) is 6.61 Å². The zero-order valence-electron chi connectivity index (χ0n) is 10.9. The van der Waals surface area contributed by atoms with Crippen LogP contribution in [-0.4, -0.2) is 28.6 Å². The van der Waals surface area contributed by atoms with E-state index in [9.17, 15) is 9.59 Å². The van der Waals surface area contributed by atoms with Gasteiger partial charge in [-0.25, -0.2) is 4.79 Å². The molecule has 6 heteroatoms. The Morgan fingerprint density at radius 2 is 1.76 bits per heavy atom. The van der Waals surface area contributed by atoms with Gasteiger partial charge in [0.1, 0.15) is 5.75 Å². The average molecular weight is 284 g/mol. The van der Waals surface area contributed by atoms with Crippen molar-refractivity contribution in [2.24, 2.45) is 5.73 Å². The van der Waals surface area contributed by atoms with Crippen molar-refractivity contribution in [3.05, 3.63) is 42.0 Å². The molecular weight excluding hydrogens is 272 g/mol. The van der Waals surface area contributed by atoms with Gasteiger partial charge in [-0.15, -0.1) is 0 Å². The number of benzene rings is 2. The molecule has 1 aromatic heterocycles. The van der Waals surface area contributed by atoms with Gasteiger partial charge in [0.2, 0.25) is 5.91 Å². The summed E-state index contributed by atoms with van der Waals surface area (Å²) in [7, 11) is 0. The van der Waals surface area contributed by atoms with Crippen LogP contribution in [-0.2, 0) is 4.79 Å². The van der Waals surface area contributed by atoms with Crippen molar-refractivity contribution in [1.29, 1.82) is 0 Å². The standard InChI is InChI=1S/C15H12N2O4/c16-15(20)8-3-1-4-9-13(8)14-10(17-9)5-2-6-11(14)21-7-12(18)19/h1-6,17H,7H2,(H2,16,20)(H,18,19). The van der Waals surface area contributed by atoms with Crippen LogP contribution in [0, 0.1) is 0 Å². The molecule has 0 aliphatic heterocycles. The molecule has 0 saturated carbocycles. The van der Waals surface area contributed by atoms with E-state index < -0.39 is 18.5 Å². The van der Waals surface area contributed by atoms with E-state index >= 15 is 0 Å². The van der Waals surface area contributed by atoms with E-state index in [1.165, 1.54) is 0 Å². The molecule has 21 heavy (non-hydrogen) atoms. The molecule has 106 valence electrons. The van der Waals surface area contributed by atoms with Crippen molar-refractivity contribution >= 4 is 33.7 Å². The molecule has 0 bridgehead atoms. The number of amides is 1. The lowest BCUT2D eigenvalue weighted by molar-refractivity contribution is -0.139. The largest absolute Gasteiger partial charge is 0.481 e. The summed E-state index contributed by atoms with van der Waals surface area (Å²) in [5.74, 6) is -1.22. The van der Waals surface area contributed by atoms with Gasteiger partial charge in [0.05, 0.1) is 10.9 Å². The molecule has 1 amide bonds. The lowest BCUT2D eigenvalue weighted by Gasteiger charge is -2.06. The minimum atomic E-state index is -1.07. The van der Waals surface area contributed by atoms with Gasteiger partial charge >= 0.3 is 5.97 Å². The summed E-state index contributed by atoms with van der Waals surface area (Å²) in [6.07, 6.45) is 0. The zero-order valence-corrected chi connectivity index (χ0v) is 10.9. The van der Waals surface area contributed by atoms with Crippen molar-refractivity contribution in [3.63, 3.8) is 0 Å². The first-order valence-electron chi connectivity index (χ1n) is 6.25. The number of nitrogens with two attached hydrogens (primary N) is 1. The van der Waals surface area contributed by atoms with Gasteiger partial charge in [-0.3, -0.25) is 4.79 Å². The normalized spacial score (nSPS) is 10.9. The number of carbonyl (C=O) groups excluding carboxylic acids is 1. The Labute approximate surface area is 119 Å². The molecule has 0 spiro atoms. The lowest BCUT2D eigenvalue weighted by atomic mass is 10.1. The topological polar surface area (TPSA) is 105 Å². The molecule has 6 nitrogen and oxygen atoms in total. The summed E-state index contributed by atoms with van der Waals surface area (Å²) in [5, 5.41) is 10.0. The number of aliphatic carboxylic acids is 1. The van der Waals surface area contributed by atoms with Crippen molar-refractivity contribution in [2.45, 2.75) is 0 Å². The molecule has 0 atom stereocenters. The van der Waals surface area contributed by atoms with E-state index in [-0.39, 0.29) is 0 Å². The van der Waals surface area contributed by atoms with Crippen LogP contribution in [0.25, 0.3) is 21.8 Å². The van der Waals surface area contributed by atoms with Gasteiger partial charge < -0.3 is 20.6 Å². The first kappa shape index (κ1) is 13.0. The number of carbonyl (C=O) groups is 2. The molecule has 3 rings (SSSR count). The fourth-order valence-corrected chi connectivity index (χ4v) is 2.43. The maximum absolute atomic E-state index is 11.6. The molecule has 0 aliphatic carbocycles. The minimum absolute atomic E-state index is 0.366. The van der Waals surface area contributed by atoms with E-state index in [0.29, 0.717) is 22.1 Å². The van der Waals surface area contributed by atoms with E-state index in [1.807, 2.05) is 12.1 Å². The summed E-state index contributed by atoms with van der Waals surface area (Å²) in [6.45, 7) is -0.454. The fourth-order valence-electron chi connectivity index (χ4n) is 2.43. The molecule has 3 aromatic rings. The third kappa shape index (κ3) is 2.16. The van der Waals surface area contributed by atoms with E-state index in [1.54, 1.807) is 24.3 Å². The van der Waals surface area contributed by atoms with Crippen LogP contribution in [0.5, 0.6) is 5.75 Å². The predicted octanol–water partition coefficient (Wildman–Crippen LogP) is 1.88. The summed E-state index contributed by atoms with van der Waals surface area (Å²) in [4.78, 5) is 25.5. The molecule has 4 N–H and O–H groups in total. The zero-order chi connectivity index (χ0) is 15.0. The maximum atomic E-state index is 11.6. The lowest BCUT2D eigenvalue weighted by Crippen LogP contribution is -2.11. The first-order valence-corrected chi connectivity index (χ1v) is 6.25. The number of carboxylic acids is 1. The molecule has 1 heterocycles. The minimum Gasteiger partial charge on any atom is -0.481 e. The third-order valence-corrected chi connectivity index (χ3v) is 3.23. The number of rotatable bonds is 4. The highest BCUT2D eigenvalue weighted by atomic mass is 16.5. The number of nitrogens with one attached hydrogen (secondary N) is 1. The Hall–Kier alpha value is -3.02. The van der Waals surface area contributed by atoms with Crippen LogP contribution >= 0.6 is 0 Å². The van der Waals surface area contributed by atoms with E-state index in [0.717, 1.165) is 11.0 Å². The van der Waals surface area contributed by atoms with Crippen molar-refractivity contribution < 1.29 is 19.4 Å².